The van der Waals surface area contributed by atoms with Crippen LogP contribution in [0.5, 0.6) is 0 Å². The molecule has 0 amide bonds. The second-order valence-corrected chi connectivity index (χ2v) is 4.82. The molecule has 0 aromatic heterocycles. The van der Waals surface area contributed by atoms with Gasteiger partial charge in [0.2, 0.25) is 0 Å². The number of aliphatic hydroxyl groups excluding tert-OH is 1. The Morgan fingerprint density at radius 1 is 1.53 bits per heavy atom. The van der Waals surface area contributed by atoms with Crippen molar-refractivity contribution in [2.24, 2.45) is 5.41 Å². The lowest BCUT2D eigenvalue weighted by molar-refractivity contribution is -0.125. The molecule has 0 saturated heterocycles. The Labute approximate surface area is 91.7 Å². The number of hydrogen-bond donors (Lipinski definition) is 1. The molecule has 2 heteroatoms. The van der Waals surface area contributed by atoms with E-state index in [-0.39, 0.29) is 11.2 Å². The third-order valence-electron chi connectivity index (χ3n) is 3.03. The second kappa shape index (κ2) is 4.31. The van der Waals surface area contributed by atoms with E-state index >= 15 is 0 Å². The SMILES string of the molecule is CC/C=C/C1=C(C)C(=O)C(O)CC1(C)C. The average molecular weight is 208 g/mol. The number of aliphatic hydroxyl groups is 1. The van der Waals surface area contributed by atoms with Gasteiger partial charge in [0.1, 0.15) is 6.10 Å². The predicted octanol–water partition coefficient (Wildman–Crippen LogP) is 2.63. The molecule has 15 heavy (non-hydrogen) atoms. The van der Waals surface area contributed by atoms with Gasteiger partial charge in [-0.1, -0.05) is 32.9 Å². The molecule has 84 valence electrons. The van der Waals surface area contributed by atoms with Crippen LogP contribution in [0.1, 0.15) is 40.5 Å². The maximum Gasteiger partial charge on any atom is 0.187 e. The van der Waals surface area contributed by atoms with E-state index in [0.717, 1.165) is 12.0 Å². The van der Waals surface area contributed by atoms with Crippen LogP contribution in [0.2, 0.25) is 0 Å². The number of Topliss-reactive ketones (excluding diaryl/α,β-unsaturated/α-hetero) is 1. The second-order valence-electron chi connectivity index (χ2n) is 4.82. The molecule has 2 nitrogen and oxygen atoms in total. The Balaban J connectivity index is 3.15. The first kappa shape index (κ1) is 12.2. The fourth-order valence-electron chi connectivity index (χ4n) is 2.16. The monoisotopic (exact) mass is 208 g/mol. The van der Waals surface area contributed by atoms with Crippen LogP contribution in [0.15, 0.2) is 23.3 Å². The summed E-state index contributed by atoms with van der Waals surface area (Å²) >= 11 is 0. The minimum Gasteiger partial charge on any atom is -0.385 e. The van der Waals surface area contributed by atoms with Crippen molar-refractivity contribution in [3.63, 3.8) is 0 Å². The van der Waals surface area contributed by atoms with Crippen molar-refractivity contribution in [3.05, 3.63) is 23.3 Å². The molecular weight excluding hydrogens is 188 g/mol. The number of allylic oxidation sites excluding steroid dienone is 3. The first-order valence-corrected chi connectivity index (χ1v) is 5.50. The molecule has 0 aromatic carbocycles. The molecule has 0 radical (unpaired) electrons. The van der Waals surface area contributed by atoms with Gasteiger partial charge in [-0.15, -0.1) is 0 Å². The zero-order chi connectivity index (χ0) is 11.6. The highest BCUT2D eigenvalue weighted by Gasteiger charge is 2.36. The summed E-state index contributed by atoms with van der Waals surface area (Å²) in [7, 11) is 0. The van der Waals surface area contributed by atoms with Crippen LogP contribution >= 0.6 is 0 Å². The van der Waals surface area contributed by atoms with Gasteiger partial charge in [0.15, 0.2) is 5.78 Å². The molecule has 1 aliphatic rings. The van der Waals surface area contributed by atoms with Crippen molar-refractivity contribution in [2.45, 2.75) is 46.6 Å². The van der Waals surface area contributed by atoms with Crippen LogP contribution in [-0.4, -0.2) is 17.0 Å². The normalized spacial score (nSPS) is 26.5. The van der Waals surface area contributed by atoms with Gasteiger partial charge in [-0.05, 0) is 36.3 Å². The summed E-state index contributed by atoms with van der Waals surface area (Å²) in [5.74, 6) is -0.120. The number of hydrogen-bond acceptors (Lipinski definition) is 2. The standard InChI is InChI=1S/C13H20O2/c1-5-6-7-10-9(2)12(15)11(14)8-13(10,3)4/h6-7,11,14H,5,8H2,1-4H3/b7-6+. The lowest BCUT2D eigenvalue weighted by atomic mass is 9.71. The van der Waals surface area contributed by atoms with Crippen LogP contribution in [0.4, 0.5) is 0 Å². The molecule has 0 heterocycles. The van der Waals surface area contributed by atoms with E-state index in [1.807, 2.05) is 13.0 Å². The lowest BCUT2D eigenvalue weighted by Crippen LogP contribution is -2.35. The lowest BCUT2D eigenvalue weighted by Gasteiger charge is -2.34. The summed E-state index contributed by atoms with van der Waals surface area (Å²) in [5.41, 5.74) is 1.67. The molecule has 0 saturated carbocycles. The Morgan fingerprint density at radius 3 is 2.67 bits per heavy atom. The van der Waals surface area contributed by atoms with Gasteiger partial charge < -0.3 is 5.11 Å². The Morgan fingerprint density at radius 2 is 2.13 bits per heavy atom. The summed E-state index contributed by atoms with van der Waals surface area (Å²) in [6.45, 7) is 8.02. The van der Waals surface area contributed by atoms with Crippen molar-refractivity contribution < 1.29 is 9.90 Å². The van der Waals surface area contributed by atoms with Crippen LogP contribution in [0, 0.1) is 5.41 Å². The molecule has 0 aliphatic heterocycles. The molecule has 1 rings (SSSR count). The Hall–Kier alpha value is -0.890. The Kier molecular flexibility index (Phi) is 3.50. The van der Waals surface area contributed by atoms with Crippen LogP contribution in [-0.2, 0) is 4.79 Å². The molecule has 0 bridgehead atoms. The molecular formula is C13H20O2. The average Bonchev–Trinajstić information content (AvgIpc) is 2.14. The molecule has 0 spiro atoms. The smallest absolute Gasteiger partial charge is 0.187 e. The summed E-state index contributed by atoms with van der Waals surface area (Å²) in [5, 5.41) is 9.62. The van der Waals surface area contributed by atoms with Gasteiger partial charge in [0, 0.05) is 0 Å². The Bertz CT molecular complexity index is 321. The van der Waals surface area contributed by atoms with E-state index in [1.165, 1.54) is 0 Å². The summed E-state index contributed by atoms with van der Waals surface area (Å²) in [6.07, 6.45) is 4.75. The molecule has 1 unspecified atom stereocenters. The van der Waals surface area contributed by atoms with E-state index in [1.54, 1.807) is 0 Å². The zero-order valence-corrected chi connectivity index (χ0v) is 10.0. The highest BCUT2D eigenvalue weighted by atomic mass is 16.3. The van der Waals surface area contributed by atoms with Gasteiger partial charge in [0.25, 0.3) is 0 Å². The quantitative estimate of drug-likeness (QED) is 0.757. The maximum atomic E-state index is 11.6. The molecule has 1 aliphatic carbocycles. The van der Waals surface area contributed by atoms with Crippen molar-refractivity contribution in [2.75, 3.05) is 0 Å². The van der Waals surface area contributed by atoms with E-state index in [2.05, 4.69) is 26.8 Å². The van der Waals surface area contributed by atoms with Gasteiger partial charge in [0.05, 0.1) is 0 Å². The molecule has 1 atom stereocenters. The maximum absolute atomic E-state index is 11.6. The summed E-state index contributed by atoms with van der Waals surface area (Å²) in [6, 6.07) is 0. The van der Waals surface area contributed by atoms with Crippen molar-refractivity contribution >= 4 is 5.78 Å². The minimum absolute atomic E-state index is 0.108. The predicted molar refractivity (Wildman–Crippen MR) is 61.5 cm³/mol. The third-order valence-corrected chi connectivity index (χ3v) is 3.03. The van der Waals surface area contributed by atoms with Crippen LogP contribution < -0.4 is 0 Å². The highest BCUT2D eigenvalue weighted by molar-refractivity contribution is 6.00. The van der Waals surface area contributed by atoms with Crippen molar-refractivity contribution in [1.82, 2.24) is 0 Å². The van der Waals surface area contributed by atoms with Crippen molar-refractivity contribution in [3.8, 4) is 0 Å². The number of ketones is 1. The summed E-state index contributed by atoms with van der Waals surface area (Å²) in [4.78, 5) is 11.6. The summed E-state index contributed by atoms with van der Waals surface area (Å²) < 4.78 is 0. The fourth-order valence-corrected chi connectivity index (χ4v) is 2.16. The minimum atomic E-state index is -0.821. The van der Waals surface area contributed by atoms with E-state index in [0.29, 0.717) is 12.0 Å². The first-order valence-electron chi connectivity index (χ1n) is 5.50. The number of carbonyl (C=O) groups is 1. The third kappa shape index (κ3) is 2.37. The van der Waals surface area contributed by atoms with Gasteiger partial charge in [-0.3, -0.25) is 4.79 Å². The van der Waals surface area contributed by atoms with E-state index in [4.69, 9.17) is 0 Å². The highest BCUT2D eigenvalue weighted by Crippen LogP contribution is 2.39. The molecule has 0 aromatic rings. The van der Waals surface area contributed by atoms with Gasteiger partial charge in [-0.2, -0.15) is 0 Å². The van der Waals surface area contributed by atoms with Crippen molar-refractivity contribution in [1.29, 1.82) is 0 Å². The van der Waals surface area contributed by atoms with Crippen LogP contribution in [0.25, 0.3) is 0 Å². The van der Waals surface area contributed by atoms with E-state index in [9.17, 15) is 9.90 Å². The van der Waals surface area contributed by atoms with E-state index < -0.39 is 6.10 Å². The number of rotatable bonds is 2. The zero-order valence-electron chi connectivity index (χ0n) is 10.0. The fraction of sp³-hybridized carbons (Fsp3) is 0.615. The topological polar surface area (TPSA) is 37.3 Å². The number of carbonyl (C=O) groups excluding carboxylic acids is 1. The van der Waals surface area contributed by atoms with Gasteiger partial charge in [-0.25, -0.2) is 0 Å². The van der Waals surface area contributed by atoms with Crippen LogP contribution in [0.3, 0.4) is 0 Å². The largest absolute Gasteiger partial charge is 0.385 e. The molecule has 0 fully saturated rings. The first-order chi connectivity index (χ1) is 6.90. The molecule has 1 N–H and O–H groups in total. The van der Waals surface area contributed by atoms with Gasteiger partial charge >= 0.3 is 0 Å².